The van der Waals surface area contributed by atoms with Crippen LogP contribution in [0.25, 0.3) is 5.57 Å². The van der Waals surface area contributed by atoms with E-state index in [0.717, 1.165) is 36.1 Å². The molecule has 0 fully saturated rings. The Bertz CT molecular complexity index is 920. The van der Waals surface area contributed by atoms with Crippen LogP contribution < -0.4 is 9.88 Å². The molecule has 0 saturated heterocycles. The largest absolute Gasteiger partial charge is 0.450 e. The van der Waals surface area contributed by atoms with Crippen LogP contribution in [0.15, 0.2) is 55.4 Å². The molecule has 2 aromatic rings. The number of hydrogen-bond donors (Lipinski definition) is 1. The zero-order valence-electron chi connectivity index (χ0n) is 22.6. The van der Waals surface area contributed by atoms with E-state index >= 15 is 0 Å². The van der Waals surface area contributed by atoms with Crippen molar-refractivity contribution >= 4 is 11.7 Å². The highest BCUT2D eigenvalue weighted by atomic mass is 16.5. The van der Waals surface area contributed by atoms with Gasteiger partial charge in [0.2, 0.25) is 0 Å². The first-order chi connectivity index (χ1) is 16.8. The van der Waals surface area contributed by atoms with Crippen molar-refractivity contribution in [2.24, 2.45) is 0 Å². The summed E-state index contributed by atoms with van der Waals surface area (Å²) in [5, 5.41) is 3.00. The molecule has 1 amide bonds. The standard InChI is InChI=1S/C31H46N2O2/c1-26(2)28-19-16-20-29(24-28)31(4,5)32-30(34)35-23-15-13-11-9-7-6-8-10-12-14-21-33-22-17-18-27(3)25-33/h16-20,22,24-25H,1,6-15,21,23H2,2-5H3/p+1. The number of nitrogens with one attached hydrogen (secondary N) is 1. The number of carbonyl (C=O) groups is 1. The van der Waals surface area contributed by atoms with Crippen LogP contribution in [0.4, 0.5) is 4.79 Å². The fourth-order valence-electron chi connectivity index (χ4n) is 4.30. The van der Waals surface area contributed by atoms with Gasteiger partial charge in [0, 0.05) is 18.1 Å². The Labute approximate surface area is 213 Å². The molecule has 0 aliphatic carbocycles. The van der Waals surface area contributed by atoms with E-state index in [0.29, 0.717) is 6.61 Å². The summed E-state index contributed by atoms with van der Waals surface area (Å²) in [5.74, 6) is 0. The van der Waals surface area contributed by atoms with E-state index in [2.05, 4.69) is 54.0 Å². The van der Waals surface area contributed by atoms with Crippen LogP contribution >= 0.6 is 0 Å². The highest BCUT2D eigenvalue weighted by molar-refractivity contribution is 5.69. The summed E-state index contributed by atoms with van der Waals surface area (Å²) in [6.45, 7) is 13.7. The Morgan fingerprint density at radius 2 is 1.57 bits per heavy atom. The van der Waals surface area contributed by atoms with Crippen molar-refractivity contribution in [1.82, 2.24) is 5.32 Å². The first-order valence-corrected chi connectivity index (χ1v) is 13.4. The molecule has 0 aliphatic heterocycles. The summed E-state index contributed by atoms with van der Waals surface area (Å²) < 4.78 is 7.73. The van der Waals surface area contributed by atoms with E-state index in [1.807, 2.05) is 39.0 Å². The molecule has 0 aliphatic rings. The predicted molar refractivity (Wildman–Crippen MR) is 146 cm³/mol. The van der Waals surface area contributed by atoms with Crippen molar-refractivity contribution in [2.45, 2.75) is 104 Å². The summed E-state index contributed by atoms with van der Waals surface area (Å²) >= 11 is 0. The number of aromatic nitrogens is 1. The van der Waals surface area contributed by atoms with Gasteiger partial charge in [-0.2, -0.15) is 0 Å². The van der Waals surface area contributed by atoms with E-state index in [4.69, 9.17) is 4.74 Å². The minimum atomic E-state index is -0.498. The monoisotopic (exact) mass is 479 g/mol. The van der Waals surface area contributed by atoms with Crippen LogP contribution in [0.1, 0.15) is 102 Å². The van der Waals surface area contributed by atoms with Crippen LogP contribution in [0, 0.1) is 6.92 Å². The van der Waals surface area contributed by atoms with Gasteiger partial charge in [-0.15, -0.1) is 0 Å². The molecule has 0 saturated carbocycles. The van der Waals surface area contributed by atoms with Crippen LogP contribution in [0.2, 0.25) is 0 Å². The molecule has 0 radical (unpaired) electrons. The SMILES string of the molecule is C=C(C)c1cccc(C(C)(C)NC(=O)OCCCCCCCCCCCC[n+]2cccc(C)c2)c1. The van der Waals surface area contributed by atoms with E-state index in [-0.39, 0.29) is 6.09 Å². The minimum Gasteiger partial charge on any atom is -0.450 e. The Balaban J connectivity index is 1.45. The van der Waals surface area contributed by atoms with Gasteiger partial charge in [-0.25, -0.2) is 9.36 Å². The van der Waals surface area contributed by atoms with Crippen molar-refractivity contribution in [3.63, 3.8) is 0 Å². The molecule has 1 aromatic heterocycles. The van der Waals surface area contributed by atoms with Gasteiger partial charge in [0.25, 0.3) is 0 Å². The molecule has 2 rings (SSSR count). The molecule has 4 nitrogen and oxygen atoms in total. The van der Waals surface area contributed by atoms with E-state index in [9.17, 15) is 4.79 Å². The smallest absolute Gasteiger partial charge is 0.407 e. The van der Waals surface area contributed by atoms with Crippen molar-refractivity contribution in [3.8, 4) is 0 Å². The summed E-state index contributed by atoms with van der Waals surface area (Å²) in [5.41, 5.74) is 3.97. The normalized spacial score (nSPS) is 11.3. The predicted octanol–water partition coefficient (Wildman–Crippen LogP) is 7.88. The average Bonchev–Trinajstić information content (AvgIpc) is 2.82. The molecule has 1 heterocycles. The van der Waals surface area contributed by atoms with Crippen molar-refractivity contribution < 1.29 is 14.1 Å². The lowest BCUT2D eigenvalue weighted by Gasteiger charge is -2.27. The number of aryl methyl sites for hydroxylation is 2. The van der Waals surface area contributed by atoms with Gasteiger partial charge in [0.1, 0.15) is 6.54 Å². The number of hydrogen-bond acceptors (Lipinski definition) is 2. The lowest BCUT2D eigenvalue weighted by atomic mass is 9.92. The Morgan fingerprint density at radius 3 is 2.20 bits per heavy atom. The lowest BCUT2D eigenvalue weighted by Crippen LogP contribution is -2.41. The summed E-state index contributed by atoms with van der Waals surface area (Å²) in [7, 11) is 0. The molecule has 1 aromatic carbocycles. The number of alkyl carbamates (subject to hydrolysis) is 1. The molecule has 4 heteroatoms. The molecule has 0 unspecified atom stereocenters. The number of carbonyl (C=O) groups excluding carboxylic acids is 1. The van der Waals surface area contributed by atoms with Gasteiger partial charge in [-0.05, 0) is 63.8 Å². The lowest BCUT2D eigenvalue weighted by molar-refractivity contribution is -0.697. The molecular formula is C31H47N2O2+. The molecular weight excluding hydrogens is 432 g/mol. The first kappa shape index (κ1) is 28.6. The van der Waals surface area contributed by atoms with Crippen LogP contribution in [0.3, 0.4) is 0 Å². The van der Waals surface area contributed by atoms with Gasteiger partial charge < -0.3 is 10.1 Å². The molecule has 35 heavy (non-hydrogen) atoms. The number of unbranched alkanes of at least 4 members (excludes halogenated alkanes) is 9. The highest BCUT2D eigenvalue weighted by Gasteiger charge is 2.23. The topological polar surface area (TPSA) is 42.2 Å². The summed E-state index contributed by atoms with van der Waals surface area (Å²) in [4.78, 5) is 12.3. The molecule has 1 N–H and O–H groups in total. The zero-order chi connectivity index (χ0) is 25.5. The maximum atomic E-state index is 12.3. The minimum absolute atomic E-state index is 0.350. The number of pyridine rings is 1. The van der Waals surface area contributed by atoms with Gasteiger partial charge in [0.15, 0.2) is 12.4 Å². The van der Waals surface area contributed by atoms with Crippen LogP contribution in [-0.2, 0) is 16.8 Å². The second kappa shape index (κ2) is 15.4. The van der Waals surface area contributed by atoms with Crippen LogP contribution in [-0.4, -0.2) is 12.7 Å². The third kappa shape index (κ3) is 11.6. The molecule has 0 atom stereocenters. The van der Waals surface area contributed by atoms with E-state index in [1.54, 1.807) is 0 Å². The van der Waals surface area contributed by atoms with Crippen molar-refractivity contribution in [2.75, 3.05) is 6.61 Å². The number of rotatable bonds is 16. The number of amides is 1. The van der Waals surface area contributed by atoms with Crippen molar-refractivity contribution in [1.29, 1.82) is 0 Å². The van der Waals surface area contributed by atoms with E-state index in [1.165, 1.54) is 56.9 Å². The number of allylic oxidation sites excluding steroid dienone is 1. The Hall–Kier alpha value is -2.62. The fraction of sp³-hybridized carbons (Fsp3) is 0.548. The molecule has 0 spiro atoms. The summed E-state index contributed by atoms with van der Waals surface area (Å²) in [6, 6.07) is 12.4. The second-order valence-electron chi connectivity index (χ2n) is 10.4. The maximum absolute atomic E-state index is 12.3. The average molecular weight is 480 g/mol. The first-order valence-electron chi connectivity index (χ1n) is 13.4. The third-order valence-corrected chi connectivity index (χ3v) is 6.54. The van der Waals surface area contributed by atoms with Crippen molar-refractivity contribution in [3.05, 3.63) is 72.1 Å². The van der Waals surface area contributed by atoms with Crippen LogP contribution in [0.5, 0.6) is 0 Å². The Kier molecular flexibility index (Phi) is 12.6. The molecule has 192 valence electrons. The highest BCUT2D eigenvalue weighted by Crippen LogP contribution is 2.23. The maximum Gasteiger partial charge on any atom is 0.407 e. The fourth-order valence-corrected chi connectivity index (χ4v) is 4.30. The van der Waals surface area contributed by atoms with Gasteiger partial charge in [-0.1, -0.05) is 75.3 Å². The second-order valence-corrected chi connectivity index (χ2v) is 10.4. The molecule has 0 bridgehead atoms. The third-order valence-electron chi connectivity index (χ3n) is 6.54. The number of ether oxygens (including phenoxy) is 1. The van der Waals surface area contributed by atoms with E-state index < -0.39 is 5.54 Å². The Morgan fingerprint density at radius 1 is 0.943 bits per heavy atom. The number of benzene rings is 1. The zero-order valence-corrected chi connectivity index (χ0v) is 22.6. The quantitative estimate of drug-likeness (QED) is 0.196. The van der Waals surface area contributed by atoms with Gasteiger partial charge in [0.05, 0.1) is 12.1 Å². The van der Waals surface area contributed by atoms with Gasteiger partial charge in [-0.3, -0.25) is 0 Å². The van der Waals surface area contributed by atoms with Gasteiger partial charge >= 0.3 is 6.09 Å². The number of nitrogens with zero attached hydrogens (tertiary/aromatic N) is 1. The summed E-state index contributed by atoms with van der Waals surface area (Å²) in [6.07, 6.45) is 16.5.